The zero-order chi connectivity index (χ0) is 16.9. The molecule has 0 N–H and O–H groups in total. The number of nitrogens with zero attached hydrogens (tertiary/aromatic N) is 3. The van der Waals surface area contributed by atoms with Gasteiger partial charge in [0.2, 0.25) is 11.8 Å². The number of rotatable bonds is 5. The molecule has 2 saturated heterocycles. The van der Waals surface area contributed by atoms with Crippen molar-refractivity contribution in [3.63, 3.8) is 0 Å². The fourth-order valence-electron chi connectivity index (χ4n) is 2.95. The smallest absolute Gasteiger partial charge is 0.242 e. The molecule has 0 unspecified atom stereocenters. The standard InChI is InChI=1S/C17H23N3O3S/c1-23-15-4-2-14(3-5-15)10-18-6-8-19(9-7-18)16(21)11-20-13-24-12-17(20)22/h2-5H,6-13H2,1H3. The monoisotopic (exact) mass is 349 g/mol. The van der Waals surface area contributed by atoms with E-state index in [0.717, 1.165) is 38.5 Å². The van der Waals surface area contributed by atoms with E-state index in [0.29, 0.717) is 11.6 Å². The summed E-state index contributed by atoms with van der Waals surface area (Å²) in [5, 5.41) is 0. The maximum atomic E-state index is 12.3. The Hall–Kier alpha value is -1.73. The van der Waals surface area contributed by atoms with E-state index in [2.05, 4.69) is 17.0 Å². The lowest BCUT2D eigenvalue weighted by Gasteiger charge is -2.35. The van der Waals surface area contributed by atoms with Gasteiger partial charge in [0.25, 0.3) is 0 Å². The zero-order valence-electron chi connectivity index (χ0n) is 13.9. The third kappa shape index (κ3) is 4.21. The van der Waals surface area contributed by atoms with Crippen LogP contribution in [0.2, 0.25) is 0 Å². The maximum absolute atomic E-state index is 12.3. The first-order chi connectivity index (χ1) is 11.7. The molecule has 0 aromatic heterocycles. The number of amides is 2. The summed E-state index contributed by atoms with van der Waals surface area (Å²) < 4.78 is 5.17. The summed E-state index contributed by atoms with van der Waals surface area (Å²) in [6.45, 7) is 4.28. The van der Waals surface area contributed by atoms with Crippen LogP contribution in [0.3, 0.4) is 0 Å². The van der Waals surface area contributed by atoms with E-state index in [4.69, 9.17) is 4.74 Å². The molecule has 0 radical (unpaired) electrons. The summed E-state index contributed by atoms with van der Waals surface area (Å²) in [4.78, 5) is 29.8. The molecule has 1 aromatic rings. The number of benzene rings is 1. The Kier molecular flexibility index (Phi) is 5.63. The molecule has 2 amide bonds. The van der Waals surface area contributed by atoms with Crippen molar-refractivity contribution in [1.29, 1.82) is 0 Å². The van der Waals surface area contributed by atoms with Crippen LogP contribution >= 0.6 is 11.8 Å². The van der Waals surface area contributed by atoms with Gasteiger partial charge in [-0.25, -0.2) is 0 Å². The normalized spacial score (nSPS) is 19.0. The number of carbonyl (C=O) groups excluding carboxylic acids is 2. The quantitative estimate of drug-likeness (QED) is 0.790. The molecule has 2 aliphatic heterocycles. The third-order valence-corrected chi connectivity index (χ3v) is 5.39. The summed E-state index contributed by atoms with van der Waals surface area (Å²) in [7, 11) is 1.67. The van der Waals surface area contributed by atoms with Crippen LogP contribution in [0.4, 0.5) is 0 Å². The van der Waals surface area contributed by atoms with Gasteiger partial charge in [-0.3, -0.25) is 14.5 Å². The van der Waals surface area contributed by atoms with Crippen molar-refractivity contribution in [2.24, 2.45) is 0 Å². The van der Waals surface area contributed by atoms with Gasteiger partial charge >= 0.3 is 0 Å². The lowest BCUT2D eigenvalue weighted by Crippen LogP contribution is -2.51. The molecule has 0 aliphatic carbocycles. The van der Waals surface area contributed by atoms with Crippen LogP contribution in [0, 0.1) is 0 Å². The Labute approximate surface area is 146 Å². The summed E-state index contributed by atoms with van der Waals surface area (Å²) in [5.41, 5.74) is 1.25. The van der Waals surface area contributed by atoms with Crippen molar-refractivity contribution in [3.8, 4) is 5.75 Å². The Morgan fingerprint density at radius 1 is 1.17 bits per heavy atom. The topological polar surface area (TPSA) is 53.1 Å². The fraction of sp³-hybridized carbons (Fsp3) is 0.529. The van der Waals surface area contributed by atoms with E-state index >= 15 is 0 Å². The van der Waals surface area contributed by atoms with E-state index in [-0.39, 0.29) is 18.4 Å². The molecular weight excluding hydrogens is 326 g/mol. The highest BCUT2D eigenvalue weighted by Crippen LogP contribution is 2.16. The SMILES string of the molecule is COc1ccc(CN2CCN(C(=O)CN3CSCC3=O)CC2)cc1. The van der Waals surface area contributed by atoms with Crippen molar-refractivity contribution >= 4 is 23.6 Å². The molecule has 2 fully saturated rings. The van der Waals surface area contributed by atoms with E-state index in [1.165, 1.54) is 5.56 Å². The molecule has 130 valence electrons. The molecule has 0 bridgehead atoms. The summed E-state index contributed by atoms with van der Waals surface area (Å²) in [6, 6.07) is 8.10. The number of methoxy groups -OCH3 is 1. The second-order valence-electron chi connectivity index (χ2n) is 6.07. The number of carbonyl (C=O) groups is 2. The van der Waals surface area contributed by atoms with Gasteiger partial charge in [-0.05, 0) is 17.7 Å². The van der Waals surface area contributed by atoms with Crippen molar-refractivity contribution in [3.05, 3.63) is 29.8 Å². The number of hydrogen-bond donors (Lipinski definition) is 0. The highest BCUT2D eigenvalue weighted by atomic mass is 32.2. The van der Waals surface area contributed by atoms with E-state index in [1.54, 1.807) is 23.8 Å². The lowest BCUT2D eigenvalue weighted by molar-refractivity contribution is -0.139. The molecule has 2 heterocycles. The van der Waals surface area contributed by atoms with Crippen LogP contribution in [-0.4, -0.2) is 78.0 Å². The summed E-state index contributed by atoms with van der Waals surface area (Å²) >= 11 is 1.57. The molecule has 0 spiro atoms. The highest BCUT2D eigenvalue weighted by molar-refractivity contribution is 8.00. The van der Waals surface area contributed by atoms with E-state index in [9.17, 15) is 9.59 Å². The molecule has 0 saturated carbocycles. The van der Waals surface area contributed by atoms with Crippen LogP contribution in [0.15, 0.2) is 24.3 Å². The van der Waals surface area contributed by atoms with Gasteiger partial charge in [-0.15, -0.1) is 11.8 Å². The Morgan fingerprint density at radius 2 is 1.88 bits per heavy atom. The minimum Gasteiger partial charge on any atom is -0.497 e. The molecule has 7 heteroatoms. The van der Waals surface area contributed by atoms with Gasteiger partial charge in [0.15, 0.2) is 0 Å². The molecule has 2 aliphatic rings. The number of ether oxygens (including phenoxy) is 1. The van der Waals surface area contributed by atoms with Gasteiger partial charge in [-0.2, -0.15) is 0 Å². The van der Waals surface area contributed by atoms with Crippen molar-refractivity contribution < 1.29 is 14.3 Å². The summed E-state index contributed by atoms with van der Waals surface area (Å²) in [5.74, 6) is 2.15. The Bertz CT molecular complexity index is 585. The second kappa shape index (κ2) is 7.90. The van der Waals surface area contributed by atoms with Gasteiger partial charge in [0.1, 0.15) is 12.3 Å². The van der Waals surface area contributed by atoms with Crippen LogP contribution < -0.4 is 4.74 Å². The minimum atomic E-state index is 0.0648. The highest BCUT2D eigenvalue weighted by Gasteiger charge is 2.27. The average molecular weight is 349 g/mol. The fourth-order valence-corrected chi connectivity index (χ4v) is 3.85. The van der Waals surface area contributed by atoms with Crippen molar-refractivity contribution in [2.45, 2.75) is 6.54 Å². The largest absolute Gasteiger partial charge is 0.497 e. The molecule has 1 aromatic carbocycles. The lowest BCUT2D eigenvalue weighted by atomic mass is 10.2. The second-order valence-corrected chi connectivity index (χ2v) is 7.03. The molecular formula is C17H23N3O3S. The molecule has 0 atom stereocenters. The van der Waals surface area contributed by atoms with Gasteiger partial charge in [0.05, 0.1) is 18.7 Å². The first-order valence-electron chi connectivity index (χ1n) is 8.14. The number of hydrogen-bond acceptors (Lipinski definition) is 5. The first-order valence-corrected chi connectivity index (χ1v) is 9.30. The minimum absolute atomic E-state index is 0.0648. The van der Waals surface area contributed by atoms with E-state index in [1.807, 2.05) is 17.0 Å². The maximum Gasteiger partial charge on any atom is 0.242 e. The number of thioether (sulfide) groups is 1. The van der Waals surface area contributed by atoms with E-state index < -0.39 is 0 Å². The van der Waals surface area contributed by atoms with Gasteiger partial charge in [0, 0.05) is 32.7 Å². The summed E-state index contributed by atoms with van der Waals surface area (Å²) in [6.07, 6.45) is 0. The Balaban J connectivity index is 1.44. The third-order valence-electron chi connectivity index (χ3n) is 4.44. The first kappa shape index (κ1) is 17.1. The van der Waals surface area contributed by atoms with Crippen LogP contribution in [0.5, 0.6) is 5.75 Å². The van der Waals surface area contributed by atoms with Crippen molar-refractivity contribution in [2.75, 3.05) is 51.5 Å². The van der Waals surface area contributed by atoms with Gasteiger partial charge < -0.3 is 14.5 Å². The van der Waals surface area contributed by atoms with Gasteiger partial charge in [-0.1, -0.05) is 12.1 Å². The van der Waals surface area contributed by atoms with Crippen LogP contribution in [0.25, 0.3) is 0 Å². The predicted molar refractivity (Wildman–Crippen MR) is 93.9 cm³/mol. The van der Waals surface area contributed by atoms with Crippen molar-refractivity contribution in [1.82, 2.24) is 14.7 Å². The van der Waals surface area contributed by atoms with Crippen LogP contribution in [0.1, 0.15) is 5.56 Å². The molecule has 24 heavy (non-hydrogen) atoms. The van der Waals surface area contributed by atoms with Crippen LogP contribution in [-0.2, 0) is 16.1 Å². The average Bonchev–Trinajstić information content (AvgIpc) is 3.01. The molecule has 6 nitrogen and oxygen atoms in total. The zero-order valence-corrected chi connectivity index (χ0v) is 14.8. The molecule has 3 rings (SSSR count). The predicted octanol–water partition coefficient (Wildman–Crippen LogP) is 0.872. The number of piperazine rings is 1. The Morgan fingerprint density at radius 3 is 2.46 bits per heavy atom.